The predicted octanol–water partition coefficient (Wildman–Crippen LogP) is 29.4. The van der Waals surface area contributed by atoms with Gasteiger partial charge in [0.15, 0.2) is 0 Å². The molecule has 0 spiro atoms. The summed E-state index contributed by atoms with van der Waals surface area (Å²) in [6, 6.07) is 144. The number of nitrogens with zero attached hydrogens (tertiary/aromatic N) is 3. The number of rotatable bonds is 8. The van der Waals surface area contributed by atoms with Crippen LogP contribution in [0.1, 0.15) is 72.6 Å². The molecule has 536 valence electrons. The molecule has 0 amide bonds. The van der Waals surface area contributed by atoms with E-state index >= 15 is 0 Å². The molecule has 3 heterocycles. The molecule has 0 bridgehead atoms. The molecule has 24 rings (SSSR count). The van der Waals surface area contributed by atoms with Gasteiger partial charge in [0.2, 0.25) is 0 Å². The second-order valence-electron chi connectivity index (χ2n) is 32.6. The molecule has 3 aromatic heterocycles. The lowest BCUT2D eigenvalue weighted by Crippen LogP contribution is -2.15. The third-order valence-electron chi connectivity index (χ3n) is 25.8. The smallest absolute Gasteiger partial charge is 0.0547 e. The van der Waals surface area contributed by atoms with E-state index in [1.54, 1.807) is 0 Å². The fourth-order valence-electron chi connectivity index (χ4n) is 20.2. The summed E-state index contributed by atoms with van der Waals surface area (Å²) >= 11 is 0. The number of para-hydroxylation sites is 1. The number of benzene rings is 18. The van der Waals surface area contributed by atoms with Crippen LogP contribution in [0.5, 0.6) is 0 Å². The van der Waals surface area contributed by atoms with Crippen LogP contribution in [0.4, 0.5) is 0 Å². The molecule has 1 unspecified atom stereocenters. The fourth-order valence-corrected chi connectivity index (χ4v) is 20.2. The number of fused-ring (bicyclic) bond motifs is 20. The van der Waals surface area contributed by atoms with Crippen LogP contribution >= 0.6 is 0 Å². The summed E-state index contributed by atoms with van der Waals surface area (Å²) in [5, 5.41) is 12.6. The van der Waals surface area contributed by atoms with Crippen molar-refractivity contribution in [3.05, 3.63) is 427 Å². The first-order chi connectivity index (χ1) is 56.1. The van der Waals surface area contributed by atoms with E-state index < -0.39 is 0 Å². The summed E-state index contributed by atoms with van der Waals surface area (Å²) in [5.74, 6) is 0.200. The summed E-state index contributed by atoms with van der Waals surface area (Å²) in [6.45, 7) is 9.51. The molecule has 3 heteroatoms. The van der Waals surface area contributed by atoms with Gasteiger partial charge in [0.1, 0.15) is 0 Å². The molecule has 1 atom stereocenters. The highest BCUT2D eigenvalue weighted by Gasteiger charge is 2.39. The van der Waals surface area contributed by atoms with Gasteiger partial charge in [-0.2, -0.15) is 0 Å². The van der Waals surface area contributed by atoms with E-state index in [1.807, 2.05) is 0 Å². The van der Waals surface area contributed by atoms with Crippen molar-refractivity contribution < 1.29 is 0 Å². The topological polar surface area (TPSA) is 14.8 Å². The number of hydrogen-bond donors (Lipinski definition) is 0. The largest absolute Gasteiger partial charge is 0.309 e. The molecule has 0 saturated heterocycles. The van der Waals surface area contributed by atoms with Crippen molar-refractivity contribution in [2.75, 3.05) is 0 Å². The Bertz CT molecular complexity index is 7560. The van der Waals surface area contributed by atoms with Gasteiger partial charge in [-0.05, 0) is 225 Å². The Morgan fingerprint density at radius 3 is 1.18 bits per heavy atom. The molecule has 0 radical (unpaired) electrons. The zero-order chi connectivity index (χ0) is 75.7. The Labute approximate surface area is 662 Å². The number of aromatic nitrogens is 3. The Balaban J connectivity index is 0.000000135. The van der Waals surface area contributed by atoms with Crippen LogP contribution in [0.25, 0.3) is 182 Å². The first-order valence-electron chi connectivity index (χ1n) is 40.1. The van der Waals surface area contributed by atoms with Gasteiger partial charge in [-0.15, -0.1) is 0 Å². The Kier molecular flexibility index (Phi) is 14.5. The SMILES string of the molecule is CC1(C)c2ccccc2-c2cc3c(cc21)c1cc(-c2ccc4c(c2)-c2ccccc2C4c2ccc(-c4ccccc4)cc2)ccc1n3-c1cccc2ccccc12.CC1(C)c2ccccc2-c2cc3c4cc(-c5ccc6c(c5)c5ccccc5n6-c5ccc(-c6ccccc6)cc5)ccc4n(-c4cccc5ccccc45)c3cc21. The standard InChI is InChI=1S/C56H39N.C55H38N2/c1-56(2)50-21-11-10-19-43(50)47-34-54-49(33-51(47)56)48-32-40(28-30-53(48)57(54)52-22-12-16-37-15-6-7-17-41(37)52)39-27-29-45-46(31-39)42-18-8-9-20-44(42)55(45)38-25-23-36(24-26-38)35-13-4-3-5-14-35;1-55(2)48-20-10-8-18-42(48)44-33-47-46-32-39(26-30-53(46)57(54(47)34-49(44)55)50-22-12-16-37-15-6-7-17-41(37)50)38-25-29-52-45(31-38)43-19-9-11-21-51(43)56(52)40-27-23-36(24-28-40)35-13-4-3-5-14-35/h3-34,55H,1-2H3;3-34H,1-2H3. The summed E-state index contributed by atoms with van der Waals surface area (Å²) in [5.41, 5.74) is 38.3. The van der Waals surface area contributed by atoms with Crippen molar-refractivity contribution in [2.45, 2.75) is 44.4 Å². The van der Waals surface area contributed by atoms with E-state index in [1.165, 1.54) is 215 Å². The zero-order valence-corrected chi connectivity index (χ0v) is 63.9. The Morgan fingerprint density at radius 1 is 0.202 bits per heavy atom. The number of hydrogen-bond acceptors (Lipinski definition) is 0. The van der Waals surface area contributed by atoms with Crippen LogP contribution in [0.15, 0.2) is 388 Å². The van der Waals surface area contributed by atoms with Crippen molar-refractivity contribution in [1.82, 2.24) is 13.7 Å². The molecule has 0 N–H and O–H groups in total. The van der Waals surface area contributed by atoms with E-state index in [0.29, 0.717) is 0 Å². The van der Waals surface area contributed by atoms with Crippen LogP contribution in [-0.4, -0.2) is 13.7 Å². The quantitative estimate of drug-likeness (QED) is 0.144. The molecule has 0 fully saturated rings. The zero-order valence-electron chi connectivity index (χ0n) is 63.9. The average molecular weight is 1450 g/mol. The van der Waals surface area contributed by atoms with Crippen molar-refractivity contribution in [3.63, 3.8) is 0 Å². The second-order valence-corrected chi connectivity index (χ2v) is 32.6. The normalized spacial score (nSPS) is 14.0. The lowest BCUT2D eigenvalue weighted by Gasteiger charge is -2.21. The Morgan fingerprint density at radius 2 is 0.588 bits per heavy atom. The van der Waals surface area contributed by atoms with Crippen LogP contribution in [0.3, 0.4) is 0 Å². The third kappa shape index (κ3) is 9.95. The van der Waals surface area contributed by atoms with E-state index in [-0.39, 0.29) is 16.7 Å². The maximum absolute atomic E-state index is 2.51. The fraction of sp³-hybridized carbons (Fsp3) is 0.0631. The lowest BCUT2D eigenvalue weighted by molar-refractivity contribution is 0.661. The second kappa shape index (κ2) is 25.2. The highest BCUT2D eigenvalue weighted by Crippen LogP contribution is 2.55. The van der Waals surface area contributed by atoms with E-state index in [9.17, 15) is 0 Å². The van der Waals surface area contributed by atoms with Crippen molar-refractivity contribution >= 4 is 87.0 Å². The van der Waals surface area contributed by atoms with Gasteiger partial charge in [0, 0.05) is 65.5 Å². The van der Waals surface area contributed by atoms with E-state index in [0.717, 1.165) is 5.69 Å². The predicted molar refractivity (Wildman–Crippen MR) is 481 cm³/mol. The van der Waals surface area contributed by atoms with Gasteiger partial charge in [-0.3, -0.25) is 0 Å². The van der Waals surface area contributed by atoms with Gasteiger partial charge in [-0.25, -0.2) is 0 Å². The van der Waals surface area contributed by atoms with Crippen LogP contribution in [-0.2, 0) is 10.8 Å². The molecule has 0 aliphatic heterocycles. The summed E-state index contributed by atoms with van der Waals surface area (Å²) in [7, 11) is 0. The molecule has 114 heavy (non-hydrogen) atoms. The summed E-state index contributed by atoms with van der Waals surface area (Å²) in [4.78, 5) is 0. The van der Waals surface area contributed by atoms with Gasteiger partial charge >= 0.3 is 0 Å². The minimum Gasteiger partial charge on any atom is -0.309 e. The molecule has 3 aliphatic rings. The minimum atomic E-state index is -0.0934. The van der Waals surface area contributed by atoms with Crippen LogP contribution in [0.2, 0.25) is 0 Å². The maximum Gasteiger partial charge on any atom is 0.0547 e. The first kappa shape index (κ1) is 65.7. The average Bonchev–Trinajstić information content (AvgIpc) is 1.55. The molecule has 21 aromatic rings. The molecular weight excluding hydrogens is 1380 g/mol. The molecular formula is C111H77N3. The lowest BCUT2D eigenvalue weighted by atomic mass is 9.82. The first-order valence-corrected chi connectivity index (χ1v) is 40.1. The molecule has 0 saturated carbocycles. The van der Waals surface area contributed by atoms with Crippen molar-refractivity contribution in [2.24, 2.45) is 0 Å². The highest BCUT2D eigenvalue weighted by atomic mass is 15.0. The van der Waals surface area contributed by atoms with Gasteiger partial charge in [-0.1, -0.05) is 319 Å². The maximum atomic E-state index is 2.51. The van der Waals surface area contributed by atoms with Gasteiger partial charge < -0.3 is 13.7 Å². The minimum absolute atomic E-state index is 0.0859. The van der Waals surface area contributed by atoms with E-state index in [4.69, 9.17) is 0 Å². The van der Waals surface area contributed by atoms with Gasteiger partial charge in [0.05, 0.1) is 44.5 Å². The molecule has 3 aliphatic carbocycles. The summed E-state index contributed by atoms with van der Waals surface area (Å²) < 4.78 is 7.43. The van der Waals surface area contributed by atoms with Crippen molar-refractivity contribution in [1.29, 1.82) is 0 Å². The highest BCUT2D eigenvalue weighted by molar-refractivity contribution is 6.17. The van der Waals surface area contributed by atoms with Gasteiger partial charge in [0.25, 0.3) is 0 Å². The van der Waals surface area contributed by atoms with Crippen molar-refractivity contribution in [3.8, 4) is 95.0 Å². The molecule has 18 aromatic carbocycles. The Hall–Kier alpha value is -14.1. The van der Waals surface area contributed by atoms with E-state index in [2.05, 4.69) is 430 Å². The van der Waals surface area contributed by atoms with Crippen LogP contribution < -0.4 is 0 Å². The summed E-state index contributed by atoms with van der Waals surface area (Å²) in [6.07, 6.45) is 0. The molecule has 3 nitrogen and oxygen atoms in total. The third-order valence-corrected chi connectivity index (χ3v) is 25.8. The van der Waals surface area contributed by atoms with Crippen LogP contribution in [0, 0.1) is 0 Å². The monoisotopic (exact) mass is 1450 g/mol.